The van der Waals surface area contributed by atoms with Crippen LogP contribution in [-0.4, -0.2) is 9.55 Å². The van der Waals surface area contributed by atoms with Crippen LogP contribution in [0.25, 0.3) is 0 Å². The van der Waals surface area contributed by atoms with Crippen LogP contribution >= 0.6 is 0 Å². The van der Waals surface area contributed by atoms with Crippen LogP contribution in [0.1, 0.15) is 17.1 Å². The summed E-state index contributed by atoms with van der Waals surface area (Å²) in [5.41, 5.74) is 1.46. The van der Waals surface area contributed by atoms with Crippen molar-refractivity contribution in [2.45, 2.75) is 12.8 Å². The zero-order chi connectivity index (χ0) is 10.7. The molecule has 0 aliphatic carbocycles. The van der Waals surface area contributed by atoms with E-state index >= 15 is 0 Å². The Balaban J connectivity index is 2.11. The van der Waals surface area contributed by atoms with Crippen molar-refractivity contribution in [3.05, 3.63) is 41.9 Å². The molecular formula is C11H11N3O. The van der Waals surface area contributed by atoms with Crippen molar-refractivity contribution >= 4 is 0 Å². The molecule has 2 heterocycles. The first-order valence-electron chi connectivity index (χ1n) is 4.74. The summed E-state index contributed by atoms with van der Waals surface area (Å²) >= 11 is 0. The van der Waals surface area contributed by atoms with E-state index in [2.05, 4.69) is 11.1 Å². The van der Waals surface area contributed by atoms with Crippen molar-refractivity contribution in [1.82, 2.24) is 9.55 Å². The van der Waals surface area contributed by atoms with Gasteiger partial charge in [-0.05, 0) is 18.6 Å². The second-order valence-corrected chi connectivity index (χ2v) is 3.34. The van der Waals surface area contributed by atoms with Crippen molar-refractivity contribution in [2.75, 3.05) is 0 Å². The Hall–Kier alpha value is -2.02. The molecule has 2 rings (SSSR count). The zero-order valence-corrected chi connectivity index (χ0v) is 8.47. The van der Waals surface area contributed by atoms with Crippen LogP contribution in [-0.2, 0) is 19.9 Å². The van der Waals surface area contributed by atoms with Crippen molar-refractivity contribution in [2.24, 2.45) is 7.05 Å². The van der Waals surface area contributed by atoms with E-state index in [-0.39, 0.29) is 0 Å². The second kappa shape index (κ2) is 4.01. The predicted octanol–water partition coefficient (Wildman–Crippen LogP) is 1.67. The first-order valence-corrected chi connectivity index (χ1v) is 4.74. The Morgan fingerprint density at radius 2 is 2.40 bits per heavy atom. The second-order valence-electron chi connectivity index (χ2n) is 3.34. The molecule has 0 fully saturated rings. The van der Waals surface area contributed by atoms with Crippen LogP contribution in [0.3, 0.4) is 0 Å². The topological polar surface area (TPSA) is 54.8 Å². The maximum absolute atomic E-state index is 8.84. The van der Waals surface area contributed by atoms with Gasteiger partial charge in [0.1, 0.15) is 11.8 Å². The standard InChI is InChI=1S/C11H11N3O/c1-14-8-13-10(7-12)11(14)5-4-9-3-2-6-15-9/h2-3,6,8H,4-5H2,1H3. The van der Waals surface area contributed by atoms with E-state index in [0.29, 0.717) is 5.69 Å². The number of hydrogen-bond donors (Lipinski definition) is 0. The number of rotatable bonds is 3. The fourth-order valence-corrected chi connectivity index (χ4v) is 1.54. The largest absolute Gasteiger partial charge is 0.469 e. The van der Waals surface area contributed by atoms with Crippen molar-refractivity contribution in [3.63, 3.8) is 0 Å². The van der Waals surface area contributed by atoms with Gasteiger partial charge in [-0.25, -0.2) is 4.98 Å². The number of furan rings is 1. The molecule has 0 atom stereocenters. The van der Waals surface area contributed by atoms with Gasteiger partial charge in [-0.1, -0.05) is 0 Å². The highest BCUT2D eigenvalue weighted by molar-refractivity contribution is 5.27. The summed E-state index contributed by atoms with van der Waals surface area (Å²) in [6.07, 6.45) is 4.88. The summed E-state index contributed by atoms with van der Waals surface area (Å²) in [4.78, 5) is 4.01. The Morgan fingerprint density at radius 1 is 1.53 bits per heavy atom. The molecule has 0 aliphatic rings. The SMILES string of the molecule is Cn1cnc(C#N)c1CCc1ccco1. The van der Waals surface area contributed by atoms with E-state index < -0.39 is 0 Å². The van der Waals surface area contributed by atoms with Crippen LogP contribution in [0.2, 0.25) is 0 Å². The number of imidazole rings is 1. The lowest BCUT2D eigenvalue weighted by molar-refractivity contribution is 0.506. The first-order chi connectivity index (χ1) is 7.31. The van der Waals surface area contributed by atoms with Crippen molar-refractivity contribution < 1.29 is 4.42 Å². The minimum atomic E-state index is 0.504. The molecule has 0 aliphatic heterocycles. The molecule has 0 N–H and O–H groups in total. The third kappa shape index (κ3) is 1.91. The third-order valence-corrected chi connectivity index (χ3v) is 2.35. The lowest BCUT2D eigenvalue weighted by Gasteiger charge is -2.00. The third-order valence-electron chi connectivity index (χ3n) is 2.35. The first kappa shape index (κ1) is 9.53. The van der Waals surface area contributed by atoms with E-state index in [0.717, 1.165) is 24.3 Å². The lowest BCUT2D eigenvalue weighted by atomic mass is 10.2. The molecule has 0 bridgehead atoms. The van der Waals surface area contributed by atoms with E-state index in [4.69, 9.17) is 9.68 Å². The van der Waals surface area contributed by atoms with E-state index in [1.54, 1.807) is 12.6 Å². The monoisotopic (exact) mass is 201 g/mol. The number of aromatic nitrogens is 2. The normalized spacial score (nSPS) is 10.1. The highest BCUT2D eigenvalue weighted by Crippen LogP contribution is 2.10. The molecule has 2 aromatic rings. The van der Waals surface area contributed by atoms with Crippen LogP contribution < -0.4 is 0 Å². The fraction of sp³-hybridized carbons (Fsp3) is 0.273. The smallest absolute Gasteiger partial charge is 0.161 e. The molecule has 0 amide bonds. The molecule has 0 saturated carbocycles. The Morgan fingerprint density at radius 3 is 3.07 bits per heavy atom. The molecule has 0 saturated heterocycles. The summed E-state index contributed by atoms with van der Waals surface area (Å²) in [6, 6.07) is 5.88. The summed E-state index contributed by atoms with van der Waals surface area (Å²) in [7, 11) is 1.89. The molecular weight excluding hydrogens is 190 g/mol. The Labute approximate surface area is 87.8 Å². The Bertz CT molecular complexity index is 476. The van der Waals surface area contributed by atoms with Gasteiger partial charge in [0.05, 0.1) is 18.3 Å². The molecule has 2 aromatic heterocycles. The molecule has 0 aromatic carbocycles. The van der Waals surface area contributed by atoms with Gasteiger partial charge >= 0.3 is 0 Å². The number of aryl methyl sites for hydroxylation is 2. The van der Waals surface area contributed by atoms with Gasteiger partial charge in [0.15, 0.2) is 5.69 Å². The van der Waals surface area contributed by atoms with E-state index in [1.807, 2.05) is 23.7 Å². The lowest BCUT2D eigenvalue weighted by Crippen LogP contribution is -1.99. The van der Waals surface area contributed by atoms with E-state index in [9.17, 15) is 0 Å². The number of nitriles is 1. The summed E-state index contributed by atoms with van der Waals surface area (Å²) in [6.45, 7) is 0. The number of nitrogens with zero attached hydrogens (tertiary/aromatic N) is 3. The predicted molar refractivity (Wildman–Crippen MR) is 54.0 cm³/mol. The van der Waals surface area contributed by atoms with Gasteiger partial charge in [-0.15, -0.1) is 0 Å². The highest BCUT2D eigenvalue weighted by Gasteiger charge is 2.08. The van der Waals surface area contributed by atoms with Gasteiger partial charge < -0.3 is 8.98 Å². The van der Waals surface area contributed by atoms with Gasteiger partial charge in [0.25, 0.3) is 0 Å². The van der Waals surface area contributed by atoms with Crippen LogP contribution in [0.15, 0.2) is 29.1 Å². The maximum atomic E-state index is 8.84. The average Bonchev–Trinajstić information content (AvgIpc) is 2.84. The molecule has 0 spiro atoms. The maximum Gasteiger partial charge on any atom is 0.161 e. The van der Waals surface area contributed by atoms with Gasteiger partial charge in [0, 0.05) is 13.5 Å². The van der Waals surface area contributed by atoms with Gasteiger partial charge in [0.2, 0.25) is 0 Å². The molecule has 0 radical (unpaired) electrons. The molecule has 15 heavy (non-hydrogen) atoms. The summed E-state index contributed by atoms with van der Waals surface area (Å²) < 4.78 is 7.11. The molecule has 0 unspecified atom stereocenters. The molecule has 4 heteroatoms. The average molecular weight is 201 g/mol. The number of hydrogen-bond acceptors (Lipinski definition) is 3. The zero-order valence-electron chi connectivity index (χ0n) is 8.47. The molecule has 76 valence electrons. The summed E-state index contributed by atoms with van der Waals surface area (Å²) in [5.74, 6) is 0.931. The van der Waals surface area contributed by atoms with Crippen molar-refractivity contribution in [1.29, 1.82) is 5.26 Å². The van der Waals surface area contributed by atoms with Crippen LogP contribution in [0.4, 0.5) is 0 Å². The highest BCUT2D eigenvalue weighted by atomic mass is 16.3. The summed E-state index contributed by atoms with van der Waals surface area (Å²) in [5, 5.41) is 8.84. The van der Waals surface area contributed by atoms with E-state index in [1.165, 1.54) is 0 Å². The molecule has 4 nitrogen and oxygen atoms in total. The minimum Gasteiger partial charge on any atom is -0.469 e. The minimum absolute atomic E-state index is 0.504. The quantitative estimate of drug-likeness (QED) is 0.759. The fourth-order valence-electron chi connectivity index (χ4n) is 1.54. The van der Waals surface area contributed by atoms with Crippen LogP contribution in [0.5, 0.6) is 0 Å². The van der Waals surface area contributed by atoms with Crippen molar-refractivity contribution in [3.8, 4) is 6.07 Å². The van der Waals surface area contributed by atoms with Gasteiger partial charge in [-0.2, -0.15) is 5.26 Å². The van der Waals surface area contributed by atoms with Gasteiger partial charge in [-0.3, -0.25) is 0 Å². The Kier molecular flexibility index (Phi) is 2.55. The van der Waals surface area contributed by atoms with Crippen LogP contribution in [0, 0.1) is 11.3 Å².